The lowest BCUT2D eigenvalue weighted by molar-refractivity contribution is -0.870. The number of hydrogen-bond acceptors (Lipinski definition) is 7. The molecule has 0 amide bonds. The van der Waals surface area contributed by atoms with Crippen LogP contribution in [0.1, 0.15) is 245 Å². The Morgan fingerprint density at radius 2 is 0.850 bits per heavy atom. The van der Waals surface area contributed by atoms with E-state index >= 15 is 0 Å². The molecule has 0 aromatic rings. The Morgan fingerprint density at radius 3 is 1.23 bits per heavy atom. The zero-order chi connectivity index (χ0) is 44.3. The SMILES string of the molecule is CCCCCCCCCC/C=C\CCCCCCCCCCCCCCCCCC(=O)OC(COC(=O)CCCCCCCCCCC)COP(=O)(O)OCC[N+](C)(C)C. The Hall–Kier alpha value is -1.25. The van der Waals surface area contributed by atoms with E-state index in [1.807, 2.05) is 21.1 Å². The minimum Gasteiger partial charge on any atom is -0.462 e. The smallest absolute Gasteiger partial charge is 0.462 e. The molecule has 0 aliphatic heterocycles. The van der Waals surface area contributed by atoms with E-state index in [1.165, 1.54) is 180 Å². The standard InChI is InChI=1S/C50H98NO8P/c1-6-8-10-12-14-16-17-18-19-20-21-22-23-24-25-26-27-28-29-30-31-32-33-35-37-39-41-43-50(53)59-48(47-58-60(54,55)57-45-44-51(3,4)5)46-56-49(52)42-40-38-36-34-15-13-11-9-7-2/h20-21,48H,6-19,22-47H2,1-5H3/p+1/b21-20-. The number of quaternary nitrogens is 1. The highest BCUT2D eigenvalue weighted by Crippen LogP contribution is 2.43. The molecular formula is C50H99NO8P+. The van der Waals surface area contributed by atoms with Crippen LogP contribution in [0.5, 0.6) is 0 Å². The molecule has 0 bridgehead atoms. The second-order valence-corrected chi connectivity index (χ2v) is 20.0. The van der Waals surface area contributed by atoms with Crippen molar-refractivity contribution in [3.63, 3.8) is 0 Å². The van der Waals surface area contributed by atoms with Crippen LogP contribution in [0.4, 0.5) is 0 Å². The number of ether oxygens (including phenoxy) is 2. The number of phosphoric acid groups is 1. The summed E-state index contributed by atoms with van der Waals surface area (Å²) in [6, 6.07) is 0. The lowest BCUT2D eigenvalue weighted by Crippen LogP contribution is -2.37. The highest BCUT2D eigenvalue weighted by Gasteiger charge is 2.27. The quantitative estimate of drug-likeness (QED) is 0.0212. The molecule has 0 aromatic heterocycles. The van der Waals surface area contributed by atoms with E-state index in [4.69, 9.17) is 18.5 Å². The fraction of sp³-hybridized carbons (Fsp3) is 0.920. The van der Waals surface area contributed by atoms with E-state index < -0.39 is 26.5 Å². The van der Waals surface area contributed by atoms with Gasteiger partial charge in [0.2, 0.25) is 0 Å². The van der Waals surface area contributed by atoms with E-state index in [0.29, 0.717) is 23.9 Å². The lowest BCUT2D eigenvalue weighted by Gasteiger charge is -2.24. The van der Waals surface area contributed by atoms with Gasteiger partial charge in [0, 0.05) is 12.8 Å². The highest BCUT2D eigenvalue weighted by atomic mass is 31.2. The third-order valence-electron chi connectivity index (χ3n) is 11.3. The molecule has 0 saturated carbocycles. The summed E-state index contributed by atoms with van der Waals surface area (Å²) in [6.45, 7) is 4.43. The molecule has 2 unspecified atom stereocenters. The maximum atomic E-state index is 12.7. The first kappa shape index (κ1) is 58.8. The van der Waals surface area contributed by atoms with Crippen molar-refractivity contribution in [3.05, 3.63) is 12.2 Å². The lowest BCUT2D eigenvalue weighted by atomic mass is 10.0. The van der Waals surface area contributed by atoms with E-state index in [-0.39, 0.29) is 25.6 Å². The molecule has 0 rings (SSSR count). The van der Waals surface area contributed by atoms with Gasteiger partial charge in [0.15, 0.2) is 6.10 Å². The molecule has 2 atom stereocenters. The van der Waals surface area contributed by atoms with Crippen LogP contribution in [0.3, 0.4) is 0 Å². The second-order valence-electron chi connectivity index (χ2n) is 18.6. The average Bonchev–Trinajstić information content (AvgIpc) is 3.20. The average molecular weight is 873 g/mol. The molecule has 1 N–H and O–H groups in total. The van der Waals surface area contributed by atoms with Gasteiger partial charge in [-0.2, -0.15) is 0 Å². The molecule has 0 heterocycles. The maximum Gasteiger partial charge on any atom is 0.472 e. The zero-order valence-corrected chi connectivity index (χ0v) is 41.1. The fourth-order valence-electron chi connectivity index (χ4n) is 7.31. The van der Waals surface area contributed by atoms with Crippen LogP contribution in [0.2, 0.25) is 0 Å². The molecule has 0 saturated heterocycles. The second kappa shape index (κ2) is 43.0. The summed E-state index contributed by atoms with van der Waals surface area (Å²) >= 11 is 0. The monoisotopic (exact) mass is 873 g/mol. The van der Waals surface area contributed by atoms with Gasteiger partial charge in [-0.15, -0.1) is 0 Å². The van der Waals surface area contributed by atoms with Gasteiger partial charge < -0.3 is 18.9 Å². The van der Waals surface area contributed by atoms with Gasteiger partial charge in [0.1, 0.15) is 19.8 Å². The number of likely N-dealkylation sites (N-methyl/N-ethyl adjacent to an activating group) is 1. The van der Waals surface area contributed by atoms with Crippen molar-refractivity contribution in [2.45, 2.75) is 251 Å². The van der Waals surface area contributed by atoms with Crippen molar-refractivity contribution in [3.8, 4) is 0 Å². The van der Waals surface area contributed by atoms with Gasteiger partial charge in [-0.25, -0.2) is 4.57 Å². The molecule has 0 aliphatic rings. The van der Waals surface area contributed by atoms with Crippen LogP contribution < -0.4 is 0 Å². The summed E-state index contributed by atoms with van der Waals surface area (Å²) in [5.41, 5.74) is 0. The van der Waals surface area contributed by atoms with E-state index in [0.717, 1.165) is 32.1 Å². The first-order chi connectivity index (χ1) is 29.0. The highest BCUT2D eigenvalue weighted by molar-refractivity contribution is 7.47. The number of carbonyl (C=O) groups excluding carboxylic acids is 2. The Bertz CT molecular complexity index is 1030. The molecule has 10 heteroatoms. The molecular weight excluding hydrogens is 774 g/mol. The predicted molar refractivity (Wildman–Crippen MR) is 252 cm³/mol. The Labute approximate surface area is 371 Å². The van der Waals surface area contributed by atoms with Crippen molar-refractivity contribution in [1.82, 2.24) is 0 Å². The fourth-order valence-corrected chi connectivity index (χ4v) is 8.05. The molecule has 60 heavy (non-hydrogen) atoms. The first-order valence-electron chi connectivity index (χ1n) is 25.4. The van der Waals surface area contributed by atoms with Crippen molar-refractivity contribution in [2.24, 2.45) is 0 Å². The summed E-state index contributed by atoms with van der Waals surface area (Å²) in [5, 5.41) is 0. The molecule has 0 aliphatic carbocycles. The van der Waals surface area contributed by atoms with Crippen molar-refractivity contribution < 1.29 is 42.1 Å². The number of carbonyl (C=O) groups is 2. The number of allylic oxidation sites excluding steroid dienone is 2. The number of phosphoric ester groups is 1. The third-order valence-corrected chi connectivity index (χ3v) is 12.3. The van der Waals surface area contributed by atoms with Crippen LogP contribution in [0.15, 0.2) is 12.2 Å². The number of esters is 2. The van der Waals surface area contributed by atoms with E-state index in [2.05, 4.69) is 26.0 Å². The normalized spacial score (nSPS) is 13.5. The Kier molecular flexibility index (Phi) is 42.1. The van der Waals surface area contributed by atoms with Crippen LogP contribution in [-0.2, 0) is 32.7 Å². The van der Waals surface area contributed by atoms with Crippen molar-refractivity contribution in [1.29, 1.82) is 0 Å². The summed E-state index contributed by atoms with van der Waals surface area (Å²) in [4.78, 5) is 35.3. The largest absolute Gasteiger partial charge is 0.472 e. The van der Waals surface area contributed by atoms with Crippen molar-refractivity contribution in [2.75, 3.05) is 47.5 Å². The third kappa shape index (κ3) is 46.3. The summed E-state index contributed by atoms with van der Waals surface area (Å²) in [7, 11) is 1.49. The van der Waals surface area contributed by atoms with E-state index in [9.17, 15) is 19.0 Å². The summed E-state index contributed by atoms with van der Waals surface area (Å²) in [6.07, 6.45) is 47.2. The van der Waals surface area contributed by atoms with Gasteiger partial charge in [0.25, 0.3) is 0 Å². The first-order valence-corrected chi connectivity index (χ1v) is 26.9. The Balaban J connectivity index is 4.04. The number of hydrogen-bond donors (Lipinski definition) is 1. The van der Waals surface area contributed by atoms with Gasteiger partial charge in [-0.1, -0.05) is 206 Å². The maximum absolute atomic E-state index is 12.7. The number of unbranched alkanes of at least 4 members (excludes halogenated alkanes) is 31. The van der Waals surface area contributed by atoms with Crippen LogP contribution in [0.25, 0.3) is 0 Å². The summed E-state index contributed by atoms with van der Waals surface area (Å²) in [5.74, 6) is -0.789. The Morgan fingerprint density at radius 1 is 0.500 bits per heavy atom. The van der Waals surface area contributed by atoms with Crippen LogP contribution in [-0.4, -0.2) is 74.9 Å². The zero-order valence-electron chi connectivity index (χ0n) is 40.2. The van der Waals surface area contributed by atoms with E-state index in [1.54, 1.807) is 0 Å². The summed E-state index contributed by atoms with van der Waals surface area (Å²) < 4.78 is 34.3. The molecule has 356 valence electrons. The van der Waals surface area contributed by atoms with Gasteiger partial charge >= 0.3 is 19.8 Å². The minimum atomic E-state index is -4.37. The van der Waals surface area contributed by atoms with Gasteiger partial charge in [0.05, 0.1) is 27.7 Å². The molecule has 0 spiro atoms. The minimum absolute atomic E-state index is 0.0354. The van der Waals surface area contributed by atoms with Crippen LogP contribution in [0, 0.1) is 0 Å². The molecule has 0 fully saturated rings. The van der Waals surface area contributed by atoms with Gasteiger partial charge in [-0.05, 0) is 38.5 Å². The van der Waals surface area contributed by atoms with Gasteiger partial charge in [-0.3, -0.25) is 18.6 Å². The predicted octanol–water partition coefficient (Wildman–Crippen LogP) is 14.9. The topological polar surface area (TPSA) is 108 Å². The molecule has 0 radical (unpaired) electrons. The van der Waals surface area contributed by atoms with Crippen LogP contribution >= 0.6 is 7.82 Å². The van der Waals surface area contributed by atoms with Crippen molar-refractivity contribution >= 4 is 19.8 Å². The number of nitrogens with zero attached hydrogens (tertiary/aromatic N) is 1. The molecule has 0 aromatic carbocycles. The number of rotatable bonds is 47. The molecule has 9 nitrogen and oxygen atoms in total.